The van der Waals surface area contributed by atoms with Crippen LogP contribution in [-0.2, 0) is 6.61 Å². The Morgan fingerprint density at radius 1 is 0.909 bits per heavy atom. The number of nitrogens with one attached hydrogen (secondary N) is 1. The Labute approximate surface area is 133 Å². The van der Waals surface area contributed by atoms with E-state index in [9.17, 15) is 0 Å². The molecule has 0 radical (unpaired) electrons. The zero-order valence-electron chi connectivity index (χ0n) is 11.7. The van der Waals surface area contributed by atoms with Gasteiger partial charge in [0.1, 0.15) is 12.4 Å². The van der Waals surface area contributed by atoms with E-state index in [1.54, 1.807) is 12.4 Å². The molecular weight excluding hydrogens is 298 g/mol. The van der Waals surface area contributed by atoms with Gasteiger partial charge in [0, 0.05) is 12.4 Å². The molecule has 0 fully saturated rings. The third kappa shape index (κ3) is 3.54. The molecular formula is C17H14ClN3O. The Kier molecular flexibility index (Phi) is 4.51. The normalized spacial score (nSPS) is 10.2. The number of hydrogen-bond donors (Lipinski definition) is 1. The molecule has 1 aromatic heterocycles. The van der Waals surface area contributed by atoms with Gasteiger partial charge >= 0.3 is 0 Å². The van der Waals surface area contributed by atoms with E-state index in [1.807, 2.05) is 54.6 Å². The van der Waals surface area contributed by atoms with Crippen LogP contribution in [-0.4, -0.2) is 9.97 Å². The average Bonchev–Trinajstić information content (AvgIpc) is 2.57. The van der Waals surface area contributed by atoms with Gasteiger partial charge in [-0.25, -0.2) is 9.97 Å². The van der Waals surface area contributed by atoms with Crippen molar-refractivity contribution in [1.82, 2.24) is 9.97 Å². The Morgan fingerprint density at radius 3 is 2.45 bits per heavy atom. The second kappa shape index (κ2) is 6.91. The van der Waals surface area contributed by atoms with Crippen LogP contribution >= 0.6 is 11.6 Å². The molecule has 5 heteroatoms. The maximum absolute atomic E-state index is 6.02. The molecule has 0 atom stereocenters. The molecule has 0 saturated carbocycles. The van der Waals surface area contributed by atoms with E-state index in [4.69, 9.17) is 16.3 Å². The third-order valence-corrected chi connectivity index (χ3v) is 3.31. The van der Waals surface area contributed by atoms with Crippen LogP contribution in [0.3, 0.4) is 0 Å². The van der Waals surface area contributed by atoms with Crippen molar-refractivity contribution < 1.29 is 4.74 Å². The highest BCUT2D eigenvalue weighted by molar-refractivity contribution is 6.31. The van der Waals surface area contributed by atoms with E-state index >= 15 is 0 Å². The fourth-order valence-electron chi connectivity index (χ4n) is 1.96. The monoisotopic (exact) mass is 311 g/mol. The van der Waals surface area contributed by atoms with Crippen LogP contribution in [0.25, 0.3) is 0 Å². The molecule has 2 aromatic carbocycles. The molecule has 0 aliphatic heterocycles. The molecule has 110 valence electrons. The molecule has 4 nitrogen and oxygen atoms in total. The van der Waals surface area contributed by atoms with Gasteiger partial charge in [0.25, 0.3) is 0 Å². The van der Waals surface area contributed by atoms with Crippen LogP contribution in [0.1, 0.15) is 5.56 Å². The van der Waals surface area contributed by atoms with Gasteiger partial charge in [-0.15, -0.1) is 0 Å². The average molecular weight is 312 g/mol. The number of halogens is 1. The quantitative estimate of drug-likeness (QED) is 0.756. The van der Waals surface area contributed by atoms with E-state index in [-0.39, 0.29) is 0 Å². The number of ether oxygens (including phenoxy) is 1. The minimum Gasteiger partial charge on any atom is -0.487 e. The number of aromatic nitrogens is 2. The number of nitrogens with zero attached hydrogens (tertiary/aromatic N) is 2. The maximum atomic E-state index is 6.02. The molecule has 0 aliphatic carbocycles. The summed E-state index contributed by atoms with van der Waals surface area (Å²) in [6.07, 6.45) is 3.13. The lowest BCUT2D eigenvalue weighted by Crippen LogP contribution is -2.00. The Hall–Kier alpha value is -2.59. The second-order valence-corrected chi connectivity index (χ2v) is 4.95. The van der Waals surface area contributed by atoms with Crippen molar-refractivity contribution >= 4 is 23.1 Å². The molecule has 22 heavy (non-hydrogen) atoms. The van der Waals surface area contributed by atoms with Crippen LogP contribution in [0.5, 0.6) is 5.75 Å². The molecule has 1 N–H and O–H groups in total. The third-order valence-electron chi connectivity index (χ3n) is 3.03. The van der Waals surface area contributed by atoms with Gasteiger partial charge in [0.15, 0.2) is 11.0 Å². The van der Waals surface area contributed by atoms with Gasteiger partial charge in [0.2, 0.25) is 0 Å². The summed E-state index contributed by atoms with van der Waals surface area (Å²) in [7, 11) is 0. The molecule has 0 bridgehead atoms. The number of rotatable bonds is 5. The van der Waals surface area contributed by atoms with Crippen molar-refractivity contribution in [2.24, 2.45) is 0 Å². The molecule has 3 rings (SSSR count). The Morgan fingerprint density at radius 2 is 1.64 bits per heavy atom. The maximum Gasteiger partial charge on any atom is 0.171 e. The summed E-state index contributed by atoms with van der Waals surface area (Å²) >= 11 is 6.02. The zero-order chi connectivity index (χ0) is 15.2. The van der Waals surface area contributed by atoms with Crippen LogP contribution in [0.15, 0.2) is 67.0 Å². The van der Waals surface area contributed by atoms with Crippen molar-refractivity contribution in [1.29, 1.82) is 0 Å². The Balaban J connectivity index is 1.77. The summed E-state index contributed by atoms with van der Waals surface area (Å²) in [5.41, 5.74) is 1.90. The first kappa shape index (κ1) is 14.4. The number of para-hydroxylation sites is 2. The number of anilines is 2. The van der Waals surface area contributed by atoms with Crippen molar-refractivity contribution in [2.75, 3.05) is 5.32 Å². The summed E-state index contributed by atoms with van der Waals surface area (Å²) in [4.78, 5) is 8.17. The summed E-state index contributed by atoms with van der Waals surface area (Å²) in [5.74, 6) is 1.23. The first-order valence-corrected chi connectivity index (χ1v) is 7.20. The van der Waals surface area contributed by atoms with Crippen molar-refractivity contribution in [2.45, 2.75) is 6.61 Å². The molecule has 3 aromatic rings. The molecule has 0 amide bonds. The zero-order valence-corrected chi connectivity index (χ0v) is 12.5. The topological polar surface area (TPSA) is 47.0 Å². The van der Waals surface area contributed by atoms with E-state index in [0.717, 1.165) is 17.0 Å². The van der Waals surface area contributed by atoms with Crippen molar-refractivity contribution in [3.63, 3.8) is 0 Å². The first-order valence-electron chi connectivity index (χ1n) is 6.82. The van der Waals surface area contributed by atoms with Crippen LogP contribution in [0, 0.1) is 0 Å². The van der Waals surface area contributed by atoms with Gasteiger partial charge in [0.05, 0.1) is 5.69 Å². The van der Waals surface area contributed by atoms with Gasteiger partial charge in [-0.3, -0.25) is 0 Å². The summed E-state index contributed by atoms with van der Waals surface area (Å²) in [6, 6.07) is 17.7. The highest BCUT2D eigenvalue weighted by Gasteiger charge is 2.07. The van der Waals surface area contributed by atoms with E-state index in [2.05, 4.69) is 15.3 Å². The van der Waals surface area contributed by atoms with E-state index in [1.165, 1.54) is 0 Å². The molecule has 0 aliphatic rings. The smallest absolute Gasteiger partial charge is 0.171 e. The predicted octanol–water partition coefficient (Wildman–Crippen LogP) is 4.45. The minimum absolute atomic E-state index is 0.320. The highest BCUT2D eigenvalue weighted by atomic mass is 35.5. The first-order chi connectivity index (χ1) is 10.8. The Bertz CT molecular complexity index is 750. The van der Waals surface area contributed by atoms with Gasteiger partial charge in [-0.1, -0.05) is 54.1 Å². The standard InChI is InChI=1S/C17H14ClN3O/c18-16-17(20-11-10-19-16)21-14-8-4-5-9-15(14)22-12-13-6-2-1-3-7-13/h1-11H,12H2,(H,20,21). The van der Waals surface area contributed by atoms with E-state index < -0.39 is 0 Å². The fraction of sp³-hybridized carbons (Fsp3) is 0.0588. The minimum atomic E-state index is 0.320. The van der Waals surface area contributed by atoms with Gasteiger partial charge in [-0.2, -0.15) is 0 Å². The van der Waals surface area contributed by atoms with Crippen LogP contribution in [0.4, 0.5) is 11.5 Å². The molecule has 1 heterocycles. The van der Waals surface area contributed by atoms with Gasteiger partial charge in [-0.05, 0) is 17.7 Å². The van der Waals surface area contributed by atoms with Crippen molar-refractivity contribution in [3.05, 3.63) is 77.7 Å². The lowest BCUT2D eigenvalue weighted by Gasteiger charge is -2.13. The predicted molar refractivity (Wildman–Crippen MR) is 87.5 cm³/mol. The summed E-state index contributed by atoms with van der Waals surface area (Å²) < 4.78 is 5.88. The van der Waals surface area contributed by atoms with Gasteiger partial charge < -0.3 is 10.1 Å². The SMILES string of the molecule is Clc1nccnc1Nc1ccccc1OCc1ccccc1. The summed E-state index contributed by atoms with van der Waals surface area (Å²) in [5, 5.41) is 3.47. The summed E-state index contributed by atoms with van der Waals surface area (Å²) in [6.45, 7) is 0.494. The molecule has 0 spiro atoms. The van der Waals surface area contributed by atoms with Crippen LogP contribution in [0.2, 0.25) is 5.15 Å². The second-order valence-electron chi connectivity index (χ2n) is 4.59. The largest absolute Gasteiger partial charge is 0.487 e. The number of hydrogen-bond acceptors (Lipinski definition) is 4. The van der Waals surface area contributed by atoms with Crippen molar-refractivity contribution in [3.8, 4) is 5.75 Å². The lowest BCUT2D eigenvalue weighted by molar-refractivity contribution is 0.308. The molecule has 0 unspecified atom stereocenters. The van der Waals surface area contributed by atoms with Crippen LogP contribution < -0.4 is 10.1 Å². The highest BCUT2D eigenvalue weighted by Crippen LogP contribution is 2.29. The fourth-order valence-corrected chi connectivity index (χ4v) is 2.12. The lowest BCUT2D eigenvalue weighted by atomic mass is 10.2. The molecule has 0 saturated heterocycles. The van der Waals surface area contributed by atoms with E-state index in [0.29, 0.717) is 17.6 Å². The number of benzene rings is 2.